The number of carbonyl (C=O) groups excluding carboxylic acids is 2. The monoisotopic (exact) mass is 525 g/mol. The summed E-state index contributed by atoms with van der Waals surface area (Å²) in [4.78, 5) is 33.9. The number of nitrogens with zero attached hydrogens (tertiary/aromatic N) is 5. The fourth-order valence-corrected chi connectivity index (χ4v) is 4.67. The molecule has 0 atom stereocenters. The second-order valence-corrected chi connectivity index (χ2v) is 9.18. The lowest BCUT2D eigenvalue weighted by molar-refractivity contribution is -0.130. The number of hydrogen-bond donors (Lipinski definition) is 0. The quantitative estimate of drug-likeness (QED) is 0.321. The van der Waals surface area contributed by atoms with Crippen molar-refractivity contribution >= 4 is 17.6 Å². The molecule has 0 radical (unpaired) electrons. The average Bonchev–Trinajstić information content (AvgIpc) is 3.44. The fraction of sp³-hybridized carbons (Fsp3) is 0.267. The van der Waals surface area contributed by atoms with E-state index in [1.165, 1.54) is 0 Å². The van der Waals surface area contributed by atoms with Gasteiger partial charge in [-0.05, 0) is 55.0 Å². The molecule has 2 aromatic heterocycles. The van der Waals surface area contributed by atoms with Gasteiger partial charge < -0.3 is 19.3 Å². The Morgan fingerprint density at radius 1 is 0.923 bits per heavy atom. The number of esters is 1. The number of benzene rings is 2. The van der Waals surface area contributed by atoms with Gasteiger partial charge in [-0.25, -0.2) is 14.5 Å². The SMILES string of the molecule is CCOC(=O)c1cc(-c2ccc(N3CCN(C(=O)Cc4cccc(OC)c4)CC3)cc2)n(-c2ccccn2)n1. The van der Waals surface area contributed by atoms with Crippen LogP contribution in [0, 0.1) is 0 Å². The molecule has 9 nitrogen and oxygen atoms in total. The molecule has 1 fully saturated rings. The first kappa shape index (κ1) is 26.0. The Morgan fingerprint density at radius 2 is 1.72 bits per heavy atom. The molecule has 2 aromatic carbocycles. The first-order valence-electron chi connectivity index (χ1n) is 13.0. The van der Waals surface area contributed by atoms with E-state index in [0.29, 0.717) is 25.3 Å². The minimum atomic E-state index is -0.469. The molecule has 0 unspecified atom stereocenters. The summed E-state index contributed by atoms with van der Waals surface area (Å²) in [5, 5.41) is 4.48. The van der Waals surface area contributed by atoms with Crippen LogP contribution in [-0.2, 0) is 16.0 Å². The number of ether oxygens (including phenoxy) is 2. The average molecular weight is 526 g/mol. The number of anilines is 1. The highest BCUT2D eigenvalue weighted by Crippen LogP contribution is 2.27. The van der Waals surface area contributed by atoms with E-state index in [1.54, 1.807) is 31.0 Å². The van der Waals surface area contributed by atoms with E-state index >= 15 is 0 Å². The second-order valence-electron chi connectivity index (χ2n) is 9.18. The van der Waals surface area contributed by atoms with Crippen molar-refractivity contribution in [2.75, 3.05) is 44.8 Å². The molecule has 3 heterocycles. The molecule has 200 valence electrons. The number of hydrogen-bond acceptors (Lipinski definition) is 7. The smallest absolute Gasteiger partial charge is 0.358 e. The molecular weight excluding hydrogens is 494 g/mol. The lowest BCUT2D eigenvalue weighted by atomic mass is 10.1. The minimum absolute atomic E-state index is 0.124. The Hall–Kier alpha value is -4.66. The van der Waals surface area contributed by atoms with Gasteiger partial charge in [-0.2, -0.15) is 5.10 Å². The Bertz CT molecular complexity index is 1430. The van der Waals surface area contributed by atoms with Crippen LogP contribution in [-0.4, -0.2) is 71.4 Å². The Balaban J connectivity index is 1.27. The summed E-state index contributed by atoms with van der Waals surface area (Å²) in [5.74, 6) is 1.03. The molecule has 0 bridgehead atoms. The largest absolute Gasteiger partial charge is 0.497 e. The molecule has 1 aliphatic heterocycles. The molecular formula is C30H31N5O4. The summed E-state index contributed by atoms with van der Waals surface area (Å²) in [7, 11) is 1.63. The third kappa shape index (κ3) is 5.93. The van der Waals surface area contributed by atoms with Gasteiger partial charge >= 0.3 is 5.97 Å². The summed E-state index contributed by atoms with van der Waals surface area (Å²) in [6.07, 6.45) is 2.05. The van der Waals surface area contributed by atoms with Gasteiger partial charge in [0, 0.05) is 43.6 Å². The lowest BCUT2D eigenvalue weighted by Gasteiger charge is -2.36. The van der Waals surface area contributed by atoms with Crippen molar-refractivity contribution in [1.29, 1.82) is 0 Å². The molecule has 0 saturated carbocycles. The summed E-state index contributed by atoms with van der Waals surface area (Å²) >= 11 is 0. The molecule has 1 aliphatic rings. The predicted octanol–water partition coefficient (Wildman–Crippen LogP) is 4.01. The van der Waals surface area contributed by atoms with Gasteiger partial charge in [0.2, 0.25) is 5.91 Å². The summed E-state index contributed by atoms with van der Waals surface area (Å²) in [5.41, 5.74) is 3.91. The maximum absolute atomic E-state index is 12.9. The van der Waals surface area contributed by atoms with E-state index in [2.05, 4.69) is 27.1 Å². The first-order chi connectivity index (χ1) is 19.1. The van der Waals surface area contributed by atoms with E-state index in [0.717, 1.165) is 41.3 Å². The second kappa shape index (κ2) is 11.8. The molecule has 0 spiro atoms. The molecule has 0 N–H and O–H groups in total. The summed E-state index contributed by atoms with van der Waals surface area (Å²) in [6, 6.07) is 23.1. The number of rotatable bonds is 8. The fourth-order valence-electron chi connectivity index (χ4n) is 4.67. The highest BCUT2D eigenvalue weighted by Gasteiger charge is 2.22. The molecule has 39 heavy (non-hydrogen) atoms. The Morgan fingerprint density at radius 3 is 2.41 bits per heavy atom. The van der Waals surface area contributed by atoms with Crippen LogP contribution in [0.2, 0.25) is 0 Å². The van der Waals surface area contributed by atoms with Crippen molar-refractivity contribution in [1.82, 2.24) is 19.7 Å². The van der Waals surface area contributed by atoms with Crippen LogP contribution in [0.15, 0.2) is 79.0 Å². The van der Waals surface area contributed by atoms with Gasteiger partial charge in [0.05, 0.1) is 25.8 Å². The van der Waals surface area contributed by atoms with Gasteiger partial charge in [-0.1, -0.05) is 30.3 Å². The number of methoxy groups -OCH3 is 1. The van der Waals surface area contributed by atoms with Crippen molar-refractivity contribution in [3.8, 4) is 22.8 Å². The lowest BCUT2D eigenvalue weighted by Crippen LogP contribution is -2.49. The summed E-state index contributed by atoms with van der Waals surface area (Å²) < 4.78 is 12.1. The van der Waals surface area contributed by atoms with Gasteiger partial charge in [-0.3, -0.25) is 4.79 Å². The predicted molar refractivity (Wildman–Crippen MR) is 148 cm³/mol. The van der Waals surface area contributed by atoms with Crippen LogP contribution in [0.5, 0.6) is 5.75 Å². The van der Waals surface area contributed by atoms with E-state index in [1.807, 2.05) is 59.5 Å². The molecule has 4 aromatic rings. The number of amides is 1. The van der Waals surface area contributed by atoms with Gasteiger partial charge in [-0.15, -0.1) is 0 Å². The van der Waals surface area contributed by atoms with Crippen molar-refractivity contribution in [2.24, 2.45) is 0 Å². The maximum Gasteiger partial charge on any atom is 0.358 e. The number of pyridine rings is 1. The number of piperazine rings is 1. The van der Waals surface area contributed by atoms with E-state index in [4.69, 9.17) is 9.47 Å². The van der Waals surface area contributed by atoms with E-state index in [-0.39, 0.29) is 18.2 Å². The highest BCUT2D eigenvalue weighted by atomic mass is 16.5. The molecule has 0 aliphatic carbocycles. The zero-order valence-electron chi connectivity index (χ0n) is 22.1. The maximum atomic E-state index is 12.9. The Kier molecular flexibility index (Phi) is 7.86. The van der Waals surface area contributed by atoms with Crippen molar-refractivity contribution in [3.05, 3.63) is 90.3 Å². The zero-order chi connectivity index (χ0) is 27.2. The first-order valence-corrected chi connectivity index (χ1v) is 13.0. The van der Waals surface area contributed by atoms with Gasteiger partial charge in [0.25, 0.3) is 0 Å². The van der Waals surface area contributed by atoms with Gasteiger partial charge in [0.1, 0.15) is 5.75 Å². The number of carbonyl (C=O) groups is 2. The van der Waals surface area contributed by atoms with Crippen LogP contribution in [0.3, 0.4) is 0 Å². The topological polar surface area (TPSA) is 89.8 Å². The molecule has 1 amide bonds. The normalized spacial score (nSPS) is 13.3. The van der Waals surface area contributed by atoms with Crippen molar-refractivity contribution < 1.29 is 19.1 Å². The van der Waals surface area contributed by atoms with Crippen LogP contribution in [0.1, 0.15) is 23.0 Å². The minimum Gasteiger partial charge on any atom is -0.497 e. The standard InChI is InChI=1S/C30H31N5O4/c1-3-39-30(37)26-21-27(35(32-26)28-9-4-5-14-31-28)23-10-12-24(13-11-23)33-15-17-34(18-16-33)29(36)20-22-7-6-8-25(19-22)38-2/h4-14,19,21H,3,15-18,20H2,1-2H3. The van der Waals surface area contributed by atoms with Crippen molar-refractivity contribution in [3.63, 3.8) is 0 Å². The molecule has 1 saturated heterocycles. The van der Waals surface area contributed by atoms with E-state index < -0.39 is 5.97 Å². The van der Waals surface area contributed by atoms with Crippen LogP contribution >= 0.6 is 0 Å². The van der Waals surface area contributed by atoms with E-state index in [9.17, 15) is 9.59 Å². The third-order valence-electron chi connectivity index (χ3n) is 6.71. The van der Waals surface area contributed by atoms with Gasteiger partial charge in [0.15, 0.2) is 11.5 Å². The zero-order valence-corrected chi connectivity index (χ0v) is 22.1. The van der Waals surface area contributed by atoms with Crippen LogP contribution < -0.4 is 9.64 Å². The molecule has 9 heteroatoms. The highest BCUT2D eigenvalue weighted by molar-refractivity contribution is 5.89. The van der Waals surface area contributed by atoms with Crippen LogP contribution in [0.25, 0.3) is 17.1 Å². The van der Waals surface area contributed by atoms with Crippen molar-refractivity contribution in [2.45, 2.75) is 13.3 Å². The molecule has 5 rings (SSSR count). The summed E-state index contributed by atoms with van der Waals surface area (Å²) in [6.45, 7) is 4.88. The van der Waals surface area contributed by atoms with Crippen LogP contribution in [0.4, 0.5) is 5.69 Å². The number of aromatic nitrogens is 3. The third-order valence-corrected chi connectivity index (χ3v) is 6.71. The Labute approximate surface area is 227 Å².